The number of para-hydroxylation sites is 1. The molecule has 0 radical (unpaired) electrons. The molecule has 0 aliphatic carbocycles. The van der Waals surface area contributed by atoms with Crippen LogP contribution < -0.4 is 15.7 Å². The number of benzene rings is 2. The average molecular weight is 324 g/mol. The van der Waals surface area contributed by atoms with Crippen molar-refractivity contribution in [1.82, 2.24) is 20.5 Å². The number of H-pyrrole nitrogens is 2. The average Bonchev–Trinajstić information content (AvgIpc) is 3.06. The highest BCUT2D eigenvalue weighted by Gasteiger charge is 2.10. The van der Waals surface area contributed by atoms with Crippen molar-refractivity contribution in [3.8, 4) is 5.75 Å². The van der Waals surface area contributed by atoms with Crippen LogP contribution in [0, 0.1) is 0 Å². The summed E-state index contributed by atoms with van der Waals surface area (Å²) in [5, 5.41) is 8.47. The zero-order valence-electron chi connectivity index (χ0n) is 12.8. The number of carbonyl (C=O) groups excluding carboxylic acids is 1. The van der Waals surface area contributed by atoms with E-state index in [0.717, 1.165) is 16.9 Å². The molecule has 1 heterocycles. The molecule has 3 aromatic rings. The van der Waals surface area contributed by atoms with Crippen molar-refractivity contribution < 1.29 is 9.53 Å². The zero-order valence-corrected chi connectivity index (χ0v) is 12.8. The standard InChI is InChI=1S/C17H16N4O3/c22-16(15-19-17(23)21-20-15)18-10-12-6-4-5-7-13(12)11-24-14-8-2-1-3-9-14/h1-9H,10-11H2,(H,18,22)(H2,19,20,21,23). The van der Waals surface area contributed by atoms with Crippen LogP contribution in [0.25, 0.3) is 0 Å². The van der Waals surface area contributed by atoms with Crippen molar-refractivity contribution in [3.05, 3.63) is 82.0 Å². The number of nitrogens with one attached hydrogen (secondary N) is 3. The molecule has 7 nitrogen and oxygen atoms in total. The first-order chi connectivity index (χ1) is 11.7. The Morgan fingerprint density at radius 1 is 1.04 bits per heavy atom. The molecular weight excluding hydrogens is 308 g/mol. The maximum atomic E-state index is 11.9. The molecule has 3 N–H and O–H groups in total. The SMILES string of the molecule is O=C(NCc1ccccc1COc1ccccc1)c1n[nH]c(=O)[nH]1. The van der Waals surface area contributed by atoms with Gasteiger partial charge in [0.25, 0.3) is 5.91 Å². The van der Waals surface area contributed by atoms with E-state index < -0.39 is 11.6 Å². The lowest BCUT2D eigenvalue weighted by atomic mass is 10.1. The third kappa shape index (κ3) is 3.89. The van der Waals surface area contributed by atoms with Crippen molar-refractivity contribution in [2.75, 3.05) is 0 Å². The molecule has 0 aliphatic heterocycles. The highest BCUT2D eigenvalue weighted by Crippen LogP contribution is 2.14. The second-order valence-electron chi connectivity index (χ2n) is 5.08. The summed E-state index contributed by atoms with van der Waals surface area (Å²) in [6.07, 6.45) is 0. The zero-order chi connectivity index (χ0) is 16.8. The molecule has 122 valence electrons. The van der Waals surface area contributed by atoms with E-state index in [4.69, 9.17) is 4.74 Å². The van der Waals surface area contributed by atoms with Crippen LogP contribution in [0.4, 0.5) is 0 Å². The Kier molecular flexibility index (Phi) is 4.71. The molecule has 0 saturated carbocycles. The summed E-state index contributed by atoms with van der Waals surface area (Å²) in [6.45, 7) is 0.706. The quantitative estimate of drug-likeness (QED) is 0.641. The van der Waals surface area contributed by atoms with Gasteiger partial charge in [0.1, 0.15) is 12.4 Å². The van der Waals surface area contributed by atoms with Gasteiger partial charge in [-0.05, 0) is 23.3 Å². The summed E-state index contributed by atoms with van der Waals surface area (Å²) >= 11 is 0. The summed E-state index contributed by atoms with van der Waals surface area (Å²) in [4.78, 5) is 25.2. The maximum Gasteiger partial charge on any atom is 0.341 e. The summed E-state index contributed by atoms with van der Waals surface area (Å²) < 4.78 is 5.75. The second kappa shape index (κ2) is 7.28. The summed E-state index contributed by atoms with van der Waals surface area (Å²) in [5.41, 5.74) is 1.38. The molecule has 0 bridgehead atoms. The summed E-state index contributed by atoms with van der Waals surface area (Å²) in [5.74, 6) is 0.288. The number of hydrogen-bond donors (Lipinski definition) is 3. The fraction of sp³-hybridized carbons (Fsp3) is 0.118. The van der Waals surface area contributed by atoms with Gasteiger partial charge >= 0.3 is 5.69 Å². The Bertz CT molecular complexity index is 871. The van der Waals surface area contributed by atoms with Gasteiger partial charge in [-0.15, -0.1) is 5.10 Å². The van der Waals surface area contributed by atoms with Crippen molar-refractivity contribution in [2.45, 2.75) is 13.2 Å². The van der Waals surface area contributed by atoms with E-state index in [1.54, 1.807) is 0 Å². The molecule has 1 aromatic heterocycles. The lowest BCUT2D eigenvalue weighted by molar-refractivity contribution is 0.0940. The largest absolute Gasteiger partial charge is 0.489 e. The first-order valence-corrected chi connectivity index (χ1v) is 7.40. The molecule has 0 spiro atoms. The second-order valence-corrected chi connectivity index (χ2v) is 5.08. The van der Waals surface area contributed by atoms with Gasteiger partial charge in [0.05, 0.1) is 0 Å². The highest BCUT2D eigenvalue weighted by molar-refractivity contribution is 5.90. The molecule has 7 heteroatoms. The number of aromatic nitrogens is 3. The lowest BCUT2D eigenvalue weighted by Gasteiger charge is -2.11. The van der Waals surface area contributed by atoms with E-state index in [-0.39, 0.29) is 5.82 Å². The Morgan fingerprint density at radius 2 is 1.75 bits per heavy atom. The number of ether oxygens (including phenoxy) is 1. The first kappa shape index (κ1) is 15.5. The van der Waals surface area contributed by atoms with Crippen LogP contribution in [-0.4, -0.2) is 21.1 Å². The number of nitrogens with zero attached hydrogens (tertiary/aromatic N) is 1. The van der Waals surface area contributed by atoms with Gasteiger partial charge in [-0.2, -0.15) is 0 Å². The van der Waals surface area contributed by atoms with E-state index >= 15 is 0 Å². The van der Waals surface area contributed by atoms with Crippen LogP contribution in [0.5, 0.6) is 5.75 Å². The number of aromatic amines is 2. The van der Waals surface area contributed by atoms with Crippen LogP contribution in [0.2, 0.25) is 0 Å². The third-order valence-electron chi connectivity index (χ3n) is 3.41. The molecular formula is C17H16N4O3. The van der Waals surface area contributed by atoms with Crippen molar-refractivity contribution in [1.29, 1.82) is 0 Å². The monoisotopic (exact) mass is 324 g/mol. The van der Waals surface area contributed by atoms with E-state index in [1.165, 1.54) is 0 Å². The molecule has 0 fully saturated rings. The molecule has 3 rings (SSSR count). The molecule has 0 saturated heterocycles. The van der Waals surface area contributed by atoms with Gasteiger partial charge in [0, 0.05) is 6.54 Å². The summed E-state index contributed by atoms with van der Waals surface area (Å²) in [6, 6.07) is 17.2. The number of amides is 1. The molecule has 1 amide bonds. The first-order valence-electron chi connectivity index (χ1n) is 7.40. The molecule has 24 heavy (non-hydrogen) atoms. The van der Waals surface area contributed by atoms with Gasteiger partial charge in [-0.3, -0.25) is 9.78 Å². The van der Waals surface area contributed by atoms with Crippen LogP contribution in [0.15, 0.2) is 59.4 Å². The predicted octanol–water partition coefficient (Wildman–Crippen LogP) is 1.61. The fourth-order valence-corrected chi connectivity index (χ4v) is 2.19. The highest BCUT2D eigenvalue weighted by atomic mass is 16.5. The Morgan fingerprint density at radius 3 is 2.46 bits per heavy atom. The van der Waals surface area contributed by atoms with Gasteiger partial charge in [0.2, 0.25) is 5.82 Å². The maximum absolute atomic E-state index is 11.9. The van der Waals surface area contributed by atoms with E-state index in [0.29, 0.717) is 13.2 Å². The minimum absolute atomic E-state index is 0.0435. The van der Waals surface area contributed by atoms with Gasteiger partial charge in [-0.1, -0.05) is 42.5 Å². The van der Waals surface area contributed by atoms with Gasteiger partial charge in [0.15, 0.2) is 0 Å². The van der Waals surface area contributed by atoms with Crippen molar-refractivity contribution in [3.63, 3.8) is 0 Å². The minimum Gasteiger partial charge on any atom is -0.489 e. The predicted molar refractivity (Wildman–Crippen MR) is 87.6 cm³/mol. The smallest absolute Gasteiger partial charge is 0.341 e. The number of rotatable bonds is 6. The Balaban J connectivity index is 1.63. The molecule has 0 atom stereocenters. The van der Waals surface area contributed by atoms with Crippen molar-refractivity contribution in [2.24, 2.45) is 0 Å². The molecule has 0 aliphatic rings. The molecule has 2 aromatic carbocycles. The third-order valence-corrected chi connectivity index (χ3v) is 3.41. The van der Waals surface area contributed by atoms with Gasteiger partial charge in [-0.25, -0.2) is 9.89 Å². The summed E-state index contributed by atoms with van der Waals surface area (Å²) in [7, 11) is 0. The normalized spacial score (nSPS) is 10.3. The lowest BCUT2D eigenvalue weighted by Crippen LogP contribution is -2.25. The van der Waals surface area contributed by atoms with Gasteiger partial charge < -0.3 is 10.1 Å². The van der Waals surface area contributed by atoms with Crippen LogP contribution in [0.1, 0.15) is 21.7 Å². The minimum atomic E-state index is -0.517. The van der Waals surface area contributed by atoms with E-state index in [2.05, 4.69) is 20.5 Å². The van der Waals surface area contributed by atoms with Crippen LogP contribution in [-0.2, 0) is 13.2 Å². The van der Waals surface area contributed by atoms with Crippen LogP contribution in [0.3, 0.4) is 0 Å². The topological polar surface area (TPSA) is 99.9 Å². The Labute approximate surface area is 137 Å². The fourth-order valence-electron chi connectivity index (χ4n) is 2.19. The van der Waals surface area contributed by atoms with E-state index in [1.807, 2.05) is 54.6 Å². The Hall–Kier alpha value is -3.35. The number of hydrogen-bond acceptors (Lipinski definition) is 4. The molecule has 0 unspecified atom stereocenters. The van der Waals surface area contributed by atoms with E-state index in [9.17, 15) is 9.59 Å². The number of carbonyl (C=O) groups is 1. The van der Waals surface area contributed by atoms with Crippen molar-refractivity contribution >= 4 is 5.91 Å². The van der Waals surface area contributed by atoms with Crippen LogP contribution >= 0.6 is 0 Å².